The Morgan fingerprint density at radius 3 is 2.46 bits per heavy atom. The molecule has 1 fully saturated rings. The van der Waals surface area contributed by atoms with Crippen LogP contribution in [-0.2, 0) is 4.79 Å². The molecule has 2 amide bonds. The van der Waals surface area contributed by atoms with Crippen LogP contribution >= 0.6 is 0 Å². The molecule has 11 heteroatoms. The number of aromatic nitrogens is 4. The smallest absolute Gasteiger partial charge is 0.255 e. The van der Waals surface area contributed by atoms with Gasteiger partial charge in [0, 0.05) is 30.4 Å². The maximum Gasteiger partial charge on any atom is 0.255 e. The lowest BCUT2D eigenvalue weighted by atomic mass is 9.96. The third kappa shape index (κ3) is 4.92. The maximum absolute atomic E-state index is 15.2. The lowest BCUT2D eigenvalue weighted by molar-refractivity contribution is -0.124. The SMILES string of the molecule is Cc1nc(-c2ccc(F)cc2-c2ccc([C@@H](C)NC(=O)C3(NC(=O)c4cncnc4)CC3)c(F)c2)no1. The summed E-state index contributed by atoms with van der Waals surface area (Å²) in [5.41, 5.74) is 0.715. The second-order valence-corrected chi connectivity index (χ2v) is 8.92. The first-order chi connectivity index (χ1) is 17.8. The summed E-state index contributed by atoms with van der Waals surface area (Å²) in [4.78, 5) is 37.3. The van der Waals surface area contributed by atoms with Crippen molar-refractivity contribution in [3.8, 4) is 22.5 Å². The van der Waals surface area contributed by atoms with E-state index in [-0.39, 0.29) is 17.0 Å². The van der Waals surface area contributed by atoms with Crippen molar-refractivity contribution < 1.29 is 22.9 Å². The van der Waals surface area contributed by atoms with Gasteiger partial charge in [0.2, 0.25) is 17.6 Å². The highest BCUT2D eigenvalue weighted by Crippen LogP contribution is 2.37. The van der Waals surface area contributed by atoms with E-state index in [0.29, 0.717) is 35.4 Å². The number of aryl methyl sites for hydroxylation is 1. The van der Waals surface area contributed by atoms with Crippen LogP contribution in [-0.4, -0.2) is 37.5 Å². The zero-order valence-corrected chi connectivity index (χ0v) is 20.0. The Hall–Kier alpha value is -4.54. The van der Waals surface area contributed by atoms with Crippen molar-refractivity contribution in [3.63, 3.8) is 0 Å². The number of hydrogen-bond acceptors (Lipinski definition) is 7. The predicted octanol–water partition coefficient (Wildman–Crippen LogP) is 3.92. The minimum atomic E-state index is -1.06. The van der Waals surface area contributed by atoms with Gasteiger partial charge in [-0.3, -0.25) is 9.59 Å². The molecular weight excluding hydrogens is 482 g/mol. The molecule has 1 saturated carbocycles. The number of nitrogens with zero attached hydrogens (tertiary/aromatic N) is 4. The van der Waals surface area contributed by atoms with Gasteiger partial charge >= 0.3 is 0 Å². The van der Waals surface area contributed by atoms with Gasteiger partial charge in [-0.05, 0) is 55.2 Å². The molecule has 4 aromatic rings. The molecule has 2 aromatic carbocycles. The molecule has 9 nitrogen and oxygen atoms in total. The maximum atomic E-state index is 15.2. The van der Waals surface area contributed by atoms with Crippen molar-refractivity contribution in [2.75, 3.05) is 0 Å². The molecule has 1 aliphatic carbocycles. The molecule has 188 valence electrons. The van der Waals surface area contributed by atoms with E-state index in [0.717, 1.165) is 0 Å². The van der Waals surface area contributed by atoms with Crippen LogP contribution < -0.4 is 10.6 Å². The summed E-state index contributed by atoms with van der Waals surface area (Å²) in [7, 11) is 0. The molecule has 0 unspecified atom stereocenters. The van der Waals surface area contributed by atoms with Crippen molar-refractivity contribution >= 4 is 11.8 Å². The van der Waals surface area contributed by atoms with Crippen LogP contribution in [0.3, 0.4) is 0 Å². The first kappa shape index (κ1) is 24.2. The molecule has 5 rings (SSSR count). The van der Waals surface area contributed by atoms with Crippen LogP contribution in [0.5, 0.6) is 0 Å². The van der Waals surface area contributed by atoms with E-state index in [4.69, 9.17) is 4.52 Å². The van der Waals surface area contributed by atoms with E-state index >= 15 is 4.39 Å². The highest BCUT2D eigenvalue weighted by Gasteiger charge is 2.51. The first-order valence-electron chi connectivity index (χ1n) is 11.5. The second-order valence-electron chi connectivity index (χ2n) is 8.92. The fourth-order valence-electron chi connectivity index (χ4n) is 4.06. The van der Waals surface area contributed by atoms with Gasteiger partial charge in [-0.2, -0.15) is 4.98 Å². The predicted molar refractivity (Wildman–Crippen MR) is 128 cm³/mol. The number of amides is 2. The minimum absolute atomic E-state index is 0.240. The molecule has 2 N–H and O–H groups in total. The number of carbonyl (C=O) groups excluding carboxylic acids is 2. The van der Waals surface area contributed by atoms with Crippen LogP contribution in [0.2, 0.25) is 0 Å². The molecule has 2 aromatic heterocycles. The minimum Gasteiger partial charge on any atom is -0.347 e. The second kappa shape index (κ2) is 9.49. The third-order valence-electron chi connectivity index (χ3n) is 6.24. The van der Waals surface area contributed by atoms with E-state index in [9.17, 15) is 14.0 Å². The molecule has 0 saturated heterocycles. The Morgan fingerprint density at radius 2 is 1.81 bits per heavy atom. The lowest BCUT2D eigenvalue weighted by Crippen LogP contribution is -2.49. The Kier molecular flexibility index (Phi) is 6.20. The molecule has 0 radical (unpaired) electrons. The van der Waals surface area contributed by atoms with Gasteiger partial charge in [0.25, 0.3) is 5.91 Å². The lowest BCUT2D eigenvalue weighted by Gasteiger charge is -2.21. The van der Waals surface area contributed by atoms with Gasteiger partial charge in [-0.15, -0.1) is 0 Å². The number of halogens is 2. The Morgan fingerprint density at radius 1 is 1.05 bits per heavy atom. The molecule has 2 heterocycles. The average Bonchev–Trinajstić information content (AvgIpc) is 3.55. The fourth-order valence-corrected chi connectivity index (χ4v) is 4.06. The molecule has 37 heavy (non-hydrogen) atoms. The number of benzene rings is 2. The van der Waals surface area contributed by atoms with E-state index in [2.05, 4.69) is 30.7 Å². The zero-order chi connectivity index (χ0) is 26.2. The van der Waals surface area contributed by atoms with Crippen LogP contribution in [0.15, 0.2) is 59.6 Å². The highest BCUT2D eigenvalue weighted by atomic mass is 19.1. The summed E-state index contributed by atoms with van der Waals surface area (Å²) in [5, 5.41) is 9.41. The quantitative estimate of drug-likeness (QED) is 0.391. The standard InChI is InChI=1S/C26H22F2N6O3/c1-14(31-25(36)26(7-8-26)33-24(35)17-11-29-13-30-12-17)19-5-3-16(9-22(19)28)21-10-18(27)4-6-20(21)23-32-15(2)37-34-23/h3-6,9-14H,7-8H2,1-2H3,(H,31,36)(H,33,35)/t14-/m1/s1. The van der Waals surface area contributed by atoms with E-state index in [1.807, 2.05) is 0 Å². The average molecular weight is 504 g/mol. The van der Waals surface area contributed by atoms with E-state index < -0.39 is 35.0 Å². The molecule has 1 atom stereocenters. The Labute approximate surface area is 210 Å². The van der Waals surface area contributed by atoms with Crippen molar-refractivity contribution in [3.05, 3.63) is 83.8 Å². The third-order valence-corrected chi connectivity index (χ3v) is 6.24. The number of carbonyl (C=O) groups is 2. The van der Waals surface area contributed by atoms with Crippen molar-refractivity contribution in [2.45, 2.75) is 38.3 Å². The van der Waals surface area contributed by atoms with Gasteiger partial charge < -0.3 is 15.2 Å². The van der Waals surface area contributed by atoms with Gasteiger partial charge in [-0.25, -0.2) is 18.7 Å². The summed E-state index contributed by atoms with van der Waals surface area (Å²) in [5.74, 6) is -1.34. The van der Waals surface area contributed by atoms with Gasteiger partial charge in [0.15, 0.2) is 0 Å². The molecule has 1 aliphatic rings. The normalized spacial score (nSPS) is 14.6. The highest BCUT2D eigenvalue weighted by molar-refractivity contribution is 6.00. The zero-order valence-electron chi connectivity index (χ0n) is 20.0. The topological polar surface area (TPSA) is 123 Å². The van der Waals surface area contributed by atoms with E-state index in [1.165, 1.54) is 49.1 Å². The number of hydrogen-bond donors (Lipinski definition) is 2. The fraction of sp³-hybridized carbons (Fsp3) is 0.231. The molecule has 0 bridgehead atoms. The largest absolute Gasteiger partial charge is 0.347 e. The van der Waals surface area contributed by atoms with Gasteiger partial charge in [-0.1, -0.05) is 17.3 Å². The summed E-state index contributed by atoms with van der Waals surface area (Å²) in [6.07, 6.45) is 4.95. The molecule has 0 aliphatic heterocycles. The summed E-state index contributed by atoms with van der Waals surface area (Å²) < 4.78 is 34.4. The van der Waals surface area contributed by atoms with Gasteiger partial charge in [0.05, 0.1) is 11.6 Å². The number of nitrogens with one attached hydrogen (secondary N) is 2. The Balaban J connectivity index is 1.34. The summed E-state index contributed by atoms with van der Waals surface area (Å²) >= 11 is 0. The van der Waals surface area contributed by atoms with Crippen LogP contribution in [0.25, 0.3) is 22.5 Å². The molecular formula is C26H22F2N6O3. The Bertz CT molecular complexity index is 1490. The van der Waals surface area contributed by atoms with Crippen molar-refractivity contribution in [1.29, 1.82) is 0 Å². The summed E-state index contributed by atoms with van der Waals surface area (Å²) in [6, 6.07) is 7.80. The monoisotopic (exact) mass is 504 g/mol. The first-order valence-corrected chi connectivity index (χ1v) is 11.5. The van der Waals surface area contributed by atoms with Crippen LogP contribution in [0.1, 0.15) is 47.6 Å². The van der Waals surface area contributed by atoms with Crippen molar-refractivity contribution in [2.24, 2.45) is 0 Å². The van der Waals surface area contributed by atoms with Crippen LogP contribution in [0, 0.1) is 18.6 Å². The van der Waals surface area contributed by atoms with Crippen molar-refractivity contribution in [1.82, 2.24) is 30.7 Å². The van der Waals surface area contributed by atoms with Gasteiger partial charge in [0.1, 0.15) is 23.5 Å². The number of rotatable bonds is 7. The van der Waals surface area contributed by atoms with E-state index in [1.54, 1.807) is 19.9 Å². The summed E-state index contributed by atoms with van der Waals surface area (Å²) in [6.45, 7) is 3.28. The van der Waals surface area contributed by atoms with Crippen LogP contribution in [0.4, 0.5) is 8.78 Å². The molecule has 0 spiro atoms.